The van der Waals surface area contributed by atoms with Gasteiger partial charge in [-0.1, -0.05) is 0 Å². The lowest BCUT2D eigenvalue weighted by atomic mass is 10.3. The summed E-state index contributed by atoms with van der Waals surface area (Å²) >= 11 is 0. The van der Waals surface area contributed by atoms with Gasteiger partial charge in [0.05, 0.1) is 0 Å². The van der Waals surface area contributed by atoms with Crippen LogP contribution in [-0.4, -0.2) is 22.2 Å². The number of nitrogens with zero attached hydrogens (tertiary/aromatic N) is 2. The van der Waals surface area contributed by atoms with Gasteiger partial charge in [0.2, 0.25) is 0 Å². The third kappa shape index (κ3) is 2.04. The van der Waals surface area contributed by atoms with E-state index in [1.165, 1.54) is 0 Å². The van der Waals surface area contributed by atoms with Gasteiger partial charge in [-0.15, -0.1) is 0 Å². The molecule has 0 saturated carbocycles. The molecule has 0 bridgehead atoms. The van der Waals surface area contributed by atoms with E-state index in [0.717, 1.165) is 0 Å². The van der Waals surface area contributed by atoms with Crippen LogP contribution in [-0.2, 0) is 0 Å². The highest BCUT2D eigenvalue weighted by atomic mass is 16.1. The molecule has 0 aromatic carbocycles. The summed E-state index contributed by atoms with van der Waals surface area (Å²) in [6.07, 6.45) is 1.67. The van der Waals surface area contributed by atoms with Crippen LogP contribution in [0.3, 0.4) is 0 Å². The Morgan fingerprint density at radius 2 is 2.36 bits per heavy atom. The lowest BCUT2D eigenvalue weighted by Crippen LogP contribution is -2.23. The minimum absolute atomic E-state index is 0.170. The highest BCUT2D eigenvalue weighted by Crippen LogP contribution is 2.12. The van der Waals surface area contributed by atoms with E-state index in [-0.39, 0.29) is 17.8 Å². The molecule has 78 valence electrons. The van der Waals surface area contributed by atoms with Crippen molar-refractivity contribution in [3.63, 3.8) is 0 Å². The first-order valence-corrected chi connectivity index (χ1v) is 4.69. The van der Waals surface area contributed by atoms with Gasteiger partial charge in [0.25, 0.3) is 5.91 Å². The summed E-state index contributed by atoms with van der Waals surface area (Å²) in [6.45, 7) is 6.41. The number of aromatic nitrogens is 2. The van der Waals surface area contributed by atoms with E-state index >= 15 is 0 Å². The van der Waals surface area contributed by atoms with E-state index in [1.807, 2.05) is 20.8 Å². The van der Waals surface area contributed by atoms with Crippen LogP contribution in [0.4, 0.5) is 5.82 Å². The number of carbonyl (C=O) groups is 1. The second kappa shape index (κ2) is 4.13. The molecular weight excluding hydrogens is 180 g/mol. The van der Waals surface area contributed by atoms with E-state index in [9.17, 15) is 4.79 Å². The molecule has 0 saturated heterocycles. The molecule has 14 heavy (non-hydrogen) atoms. The molecule has 5 nitrogen and oxygen atoms in total. The Bertz CT molecular complexity index is 330. The van der Waals surface area contributed by atoms with Crippen molar-refractivity contribution in [3.8, 4) is 0 Å². The van der Waals surface area contributed by atoms with Crippen molar-refractivity contribution in [2.45, 2.75) is 26.8 Å². The van der Waals surface area contributed by atoms with Gasteiger partial charge in [0, 0.05) is 18.8 Å². The lowest BCUT2D eigenvalue weighted by Gasteiger charge is -2.02. The summed E-state index contributed by atoms with van der Waals surface area (Å²) < 4.78 is 1.68. The monoisotopic (exact) mass is 196 g/mol. The van der Waals surface area contributed by atoms with Crippen LogP contribution < -0.4 is 11.1 Å². The largest absolute Gasteiger partial charge is 0.382 e. The highest BCUT2D eigenvalue weighted by molar-refractivity contribution is 5.98. The first kappa shape index (κ1) is 10.6. The Kier molecular flexibility index (Phi) is 3.11. The molecule has 0 radical (unpaired) electrons. The summed E-state index contributed by atoms with van der Waals surface area (Å²) in [5.41, 5.74) is 6.06. The molecule has 1 aromatic rings. The fourth-order valence-corrected chi connectivity index (χ4v) is 1.10. The van der Waals surface area contributed by atoms with Gasteiger partial charge in [-0.2, -0.15) is 5.10 Å². The molecule has 0 fully saturated rings. The molecule has 0 aliphatic rings. The Labute approximate surface area is 83.3 Å². The van der Waals surface area contributed by atoms with Gasteiger partial charge in [0.15, 0.2) is 5.82 Å². The SMILES string of the molecule is CCNC(=O)c1cn(C(C)C)nc1N. The van der Waals surface area contributed by atoms with E-state index in [4.69, 9.17) is 5.73 Å². The van der Waals surface area contributed by atoms with Crippen molar-refractivity contribution < 1.29 is 4.79 Å². The molecule has 1 aromatic heterocycles. The number of amides is 1. The van der Waals surface area contributed by atoms with E-state index in [2.05, 4.69) is 10.4 Å². The second-order valence-electron chi connectivity index (χ2n) is 3.36. The van der Waals surface area contributed by atoms with Crippen LogP contribution in [0.2, 0.25) is 0 Å². The number of hydrogen-bond acceptors (Lipinski definition) is 3. The van der Waals surface area contributed by atoms with E-state index < -0.39 is 0 Å². The Hall–Kier alpha value is -1.52. The third-order valence-electron chi connectivity index (χ3n) is 1.87. The smallest absolute Gasteiger partial charge is 0.256 e. The van der Waals surface area contributed by atoms with Crippen molar-refractivity contribution >= 4 is 11.7 Å². The van der Waals surface area contributed by atoms with Crippen molar-refractivity contribution in [1.82, 2.24) is 15.1 Å². The van der Waals surface area contributed by atoms with Crippen LogP contribution in [0.5, 0.6) is 0 Å². The lowest BCUT2D eigenvalue weighted by molar-refractivity contribution is 0.0956. The average molecular weight is 196 g/mol. The molecule has 0 atom stereocenters. The summed E-state index contributed by atoms with van der Waals surface area (Å²) in [6, 6.07) is 0.209. The second-order valence-corrected chi connectivity index (χ2v) is 3.36. The van der Waals surface area contributed by atoms with Crippen molar-refractivity contribution in [3.05, 3.63) is 11.8 Å². The maximum atomic E-state index is 11.5. The quantitative estimate of drug-likeness (QED) is 0.750. The molecule has 1 rings (SSSR count). The zero-order chi connectivity index (χ0) is 10.7. The van der Waals surface area contributed by atoms with Gasteiger partial charge in [-0.25, -0.2) is 0 Å². The summed E-state index contributed by atoms with van der Waals surface area (Å²) in [5, 5.41) is 6.73. The van der Waals surface area contributed by atoms with E-state index in [1.54, 1.807) is 10.9 Å². The zero-order valence-corrected chi connectivity index (χ0v) is 8.74. The fraction of sp³-hybridized carbons (Fsp3) is 0.556. The van der Waals surface area contributed by atoms with Gasteiger partial charge in [0.1, 0.15) is 5.56 Å². The van der Waals surface area contributed by atoms with Crippen LogP contribution in [0, 0.1) is 0 Å². The van der Waals surface area contributed by atoms with Crippen LogP contribution in [0.25, 0.3) is 0 Å². The number of carbonyl (C=O) groups excluding carboxylic acids is 1. The highest BCUT2D eigenvalue weighted by Gasteiger charge is 2.14. The zero-order valence-electron chi connectivity index (χ0n) is 8.74. The standard InChI is InChI=1S/C9H16N4O/c1-4-11-9(14)7-5-13(6(2)3)12-8(7)10/h5-6H,4H2,1-3H3,(H2,10,12)(H,11,14). The average Bonchev–Trinajstić information content (AvgIpc) is 2.48. The maximum absolute atomic E-state index is 11.5. The molecule has 1 heterocycles. The molecule has 5 heteroatoms. The molecule has 0 unspecified atom stereocenters. The Balaban J connectivity index is 2.92. The summed E-state index contributed by atoms with van der Waals surface area (Å²) in [5.74, 6) is 0.113. The predicted octanol–water partition coefficient (Wildman–Crippen LogP) is 0.796. The minimum Gasteiger partial charge on any atom is -0.382 e. The van der Waals surface area contributed by atoms with Gasteiger partial charge < -0.3 is 11.1 Å². The minimum atomic E-state index is -0.170. The number of nitrogens with one attached hydrogen (secondary N) is 1. The predicted molar refractivity (Wildman–Crippen MR) is 55.0 cm³/mol. The number of anilines is 1. The number of hydrogen-bond donors (Lipinski definition) is 2. The summed E-state index contributed by atoms with van der Waals surface area (Å²) in [7, 11) is 0. The van der Waals surface area contributed by atoms with Gasteiger partial charge in [-0.3, -0.25) is 9.48 Å². The van der Waals surface area contributed by atoms with E-state index in [0.29, 0.717) is 12.1 Å². The number of nitrogen functional groups attached to an aromatic ring is 1. The molecule has 0 aliphatic carbocycles. The molecule has 0 aliphatic heterocycles. The van der Waals surface area contributed by atoms with Crippen molar-refractivity contribution in [1.29, 1.82) is 0 Å². The van der Waals surface area contributed by atoms with Crippen LogP contribution >= 0.6 is 0 Å². The fourth-order valence-electron chi connectivity index (χ4n) is 1.10. The molecule has 1 amide bonds. The third-order valence-corrected chi connectivity index (χ3v) is 1.87. The van der Waals surface area contributed by atoms with Gasteiger partial charge in [-0.05, 0) is 20.8 Å². The number of rotatable bonds is 3. The normalized spacial score (nSPS) is 10.6. The molecule has 3 N–H and O–H groups in total. The first-order valence-electron chi connectivity index (χ1n) is 4.69. The van der Waals surface area contributed by atoms with Gasteiger partial charge >= 0.3 is 0 Å². The van der Waals surface area contributed by atoms with Crippen LogP contribution in [0.1, 0.15) is 37.2 Å². The Morgan fingerprint density at radius 3 is 2.79 bits per heavy atom. The first-order chi connectivity index (χ1) is 6.56. The topological polar surface area (TPSA) is 72.9 Å². The van der Waals surface area contributed by atoms with Crippen molar-refractivity contribution in [2.75, 3.05) is 12.3 Å². The Morgan fingerprint density at radius 1 is 1.71 bits per heavy atom. The number of nitrogens with two attached hydrogens (primary N) is 1. The molecular formula is C9H16N4O. The maximum Gasteiger partial charge on any atom is 0.256 e. The van der Waals surface area contributed by atoms with Crippen LogP contribution in [0.15, 0.2) is 6.20 Å². The summed E-state index contributed by atoms with van der Waals surface area (Å²) in [4.78, 5) is 11.5. The van der Waals surface area contributed by atoms with Crippen molar-refractivity contribution in [2.24, 2.45) is 0 Å². The molecule has 0 spiro atoms.